The van der Waals surface area contributed by atoms with Gasteiger partial charge in [-0.1, -0.05) is 6.07 Å². The zero-order valence-electron chi connectivity index (χ0n) is 9.16. The summed E-state index contributed by atoms with van der Waals surface area (Å²) in [5.41, 5.74) is 3.46. The summed E-state index contributed by atoms with van der Waals surface area (Å²) in [5.74, 6) is 0.605. The molecule has 0 saturated carbocycles. The number of benzene rings is 1. The van der Waals surface area contributed by atoms with E-state index in [0.717, 1.165) is 10.2 Å². The number of halogens is 1. The number of aryl methyl sites for hydroxylation is 2. The van der Waals surface area contributed by atoms with Gasteiger partial charge in [0.2, 0.25) is 5.95 Å². The number of anilines is 2. The molecule has 0 bridgehead atoms. The molecule has 1 aromatic heterocycles. The fourth-order valence-electron chi connectivity index (χ4n) is 1.55. The van der Waals surface area contributed by atoms with E-state index in [-0.39, 0.29) is 0 Å². The number of nitrogens with one attached hydrogen (secondary N) is 1. The Morgan fingerprint density at radius 3 is 2.12 bits per heavy atom. The van der Waals surface area contributed by atoms with Gasteiger partial charge in [0.1, 0.15) is 0 Å². The van der Waals surface area contributed by atoms with Crippen molar-refractivity contribution in [3.8, 4) is 0 Å². The van der Waals surface area contributed by atoms with Gasteiger partial charge in [-0.25, -0.2) is 9.97 Å². The Hall–Kier alpha value is -1.42. The van der Waals surface area contributed by atoms with Gasteiger partial charge in [-0.3, -0.25) is 0 Å². The maximum Gasteiger partial charge on any atom is 0.227 e. The van der Waals surface area contributed by atoms with Crippen LogP contribution in [0, 0.1) is 13.8 Å². The summed E-state index contributed by atoms with van der Waals surface area (Å²) < 4.78 is 0.874. The summed E-state index contributed by atoms with van der Waals surface area (Å²) in [7, 11) is 0. The van der Waals surface area contributed by atoms with Gasteiger partial charge in [-0.2, -0.15) is 0 Å². The fourth-order valence-corrected chi connectivity index (χ4v) is 1.76. The molecule has 3 nitrogen and oxygen atoms in total. The SMILES string of the molecule is Cc1cc(C)cc(Nc2ncc(Br)cn2)c1. The Morgan fingerprint density at radius 1 is 1.00 bits per heavy atom. The van der Waals surface area contributed by atoms with Crippen LogP contribution in [0.1, 0.15) is 11.1 Å². The average molecular weight is 278 g/mol. The second-order valence-corrected chi connectivity index (χ2v) is 4.64. The van der Waals surface area contributed by atoms with E-state index in [2.05, 4.69) is 63.3 Å². The Balaban J connectivity index is 2.23. The van der Waals surface area contributed by atoms with Crippen LogP contribution in [0.2, 0.25) is 0 Å². The predicted octanol–water partition coefficient (Wildman–Crippen LogP) is 3.60. The first-order valence-electron chi connectivity index (χ1n) is 4.96. The monoisotopic (exact) mass is 277 g/mol. The quantitative estimate of drug-likeness (QED) is 0.912. The van der Waals surface area contributed by atoms with Crippen LogP contribution in [0.5, 0.6) is 0 Å². The number of hydrogen-bond acceptors (Lipinski definition) is 3. The topological polar surface area (TPSA) is 37.8 Å². The molecule has 0 fully saturated rings. The largest absolute Gasteiger partial charge is 0.324 e. The molecule has 16 heavy (non-hydrogen) atoms. The molecule has 0 aliphatic heterocycles. The van der Waals surface area contributed by atoms with Crippen molar-refractivity contribution in [2.45, 2.75) is 13.8 Å². The van der Waals surface area contributed by atoms with Crippen molar-refractivity contribution >= 4 is 27.6 Å². The first-order chi connectivity index (χ1) is 7.63. The van der Waals surface area contributed by atoms with E-state index < -0.39 is 0 Å². The summed E-state index contributed by atoms with van der Waals surface area (Å²) in [4.78, 5) is 8.33. The van der Waals surface area contributed by atoms with Crippen molar-refractivity contribution in [3.05, 3.63) is 46.2 Å². The van der Waals surface area contributed by atoms with Crippen LogP contribution < -0.4 is 5.32 Å². The third kappa shape index (κ3) is 2.79. The molecule has 0 saturated heterocycles. The lowest BCUT2D eigenvalue weighted by molar-refractivity contribution is 1.15. The molecule has 2 aromatic rings. The molecule has 2 rings (SSSR count). The van der Waals surface area contributed by atoms with E-state index in [1.54, 1.807) is 12.4 Å². The third-order valence-electron chi connectivity index (χ3n) is 2.10. The van der Waals surface area contributed by atoms with Gasteiger partial charge in [0.25, 0.3) is 0 Å². The van der Waals surface area contributed by atoms with Crippen LogP contribution in [0.15, 0.2) is 35.1 Å². The molecule has 0 atom stereocenters. The van der Waals surface area contributed by atoms with Crippen molar-refractivity contribution in [3.63, 3.8) is 0 Å². The highest BCUT2D eigenvalue weighted by atomic mass is 79.9. The standard InChI is InChI=1S/C12H12BrN3/c1-8-3-9(2)5-11(4-8)16-12-14-6-10(13)7-15-12/h3-7H,1-2H3,(H,14,15,16). The van der Waals surface area contributed by atoms with Crippen molar-refractivity contribution in [2.75, 3.05) is 5.32 Å². The number of nitrogens with zero attached hydrogens (tertiary/aromatic N) is 2. The summed E-state index contributed by atoms with van der Waals surface area (Å²) in [5, 5.41) is 3.17. The van der Waals surface area contributed by atoms with Crippen molar-refractivity contribution in [1.82, 2.24) is 9.97 Å². The van der Waals surface area contributed by atoms with E-state index >= 15 is 0 Å². The van der Waals surface area contributed by atoms with Crippen LogP contribution in [-0.4, -0.2) is 9.97 Å². The molecule has 82 valence electrons. The van der Waals surface area contributed by atoms with E-state index in [1.807, 2.05) is 0 Å². The molecule has 0 radical (unpaired) electrons. The van der Waals surface area contributed by atoms with E-state index in [1.165, 1.54) is 11.1 Å². The molecule has 0 amide bonds. The first kappa shape index (κ1) is 11.1. The van der Waals surface area contributed by atoms with Crippen molar-refractivity contribution in [1.29, 1.82) is 0 Å². The van der Waals surface area contributed by atoms with Crippen LogP contribution in [0.4, 0.5) is 11.6 Å². The maximum absolute atomic E-state index is 4.16. The Kier molecular flexibility index (Phi) is 3.19. The van der Waals surface area contributed by atoms with E-state index in [4.69, 9.17) is 0 Å². The smallest absolute Gasteiger partial charge is 0.227 e. The van der Waals surface area contributed by atoms with Gasteiger partial charge in [0.15, 0.2) is 0 Å². The molecular formula is C12H12BrN3. The Morgan fingerprint density at radius 2 is 1.56 bits per heavy atom. The van der Waals surface area contributed by atoms with Gasteiger partial charge in [-0.05, 0) is 53.0 Å². The Bertz CT molecular complexity index is 474. The predicted molar refractivity (Wildman–Crippen MR) is 68.9 cm³/mol. The molecule has 4 heteroatoms. The fraction of sp³-hybridized carbons (Fsp3) is 0.167. The molecular weight excluding hydrogens is 266 g/mol. The highest BCUT2D eigenvalue weighted by molar-refractivity contribution is 9.10. The maximum atomic E-state index is 4.16. The number of aromatic nitrogens is 2. The molecule has 0 unspecified atom stereocenters. The summed E-state index contributed by atoms with van der Waals surface area (Å²) in [6.07, 6.45) is 3.44. The van der Waals surface area contributed by atoms with Crippen LogP contribution in [0.25, 0.3) is 0 Å². The second-order valence-electron chi connectivity index (χ2n) is 3.73. The second kappa shape index (κ2) is 4.61. The number of hydrogen-bond donors (Lipinski definition) is 1. The normalized spacial score (nSPS) is 10.2. The lowest BCUT2D eigenvalue weighted by Gasteiger charge is -2.06. The van der Waals surface area contributed by atoms with Gasteiger partial charge >= 0.3 is 0 Å². The zero-order valence-corrected chi connectivity index (χ0v) is 10.7. The molecule has 1 heterocycles. The highest BCUT2D eigenvalue weighted by Gasteiger charge is 1.99. The highest BCUT2D eigenvalue weighted by Crippen LogP contribution is 2.17. The third-order valence-corrected chi connectivity index (χ3v) is 2.51. The van der Waals surface area contributed by atoms with Gasteiger partial charge in [-0.15, -0.1) is 0 Å². The summed E-state index contributed by atoms with van der Waals surface area (Å²) in [6, 6.07) is 6.27. The lowest BCUT2D eigenvalue weighted by Crippen LogP contribution is -1.96. The number of rotatable bonds is 2. The van der Waals surface area contributed by atoms with Crippen LogP contribution >= 0.6 is 15.9 Å². The molecule has 1 N–H and O–H groups in total. The minimum absolute atomic E-state index is 0.605. The molecule has 0 aliphatic rings. The van der Waals surface area contributed by atoms with E-state index in [0.29, 0.717) is 5.95 Å². The van der Waals surface area contributed by atoms with Crippen molar-refractivity contribution < 1.29 is 0 Å². The van der Waals surface area contributed by atoms with Crippen LogP contribution in [-0.2, 0) is 0 Å². The lowest BCUT2D eigenvalue weighted by atomic mass is 10.1. The van der Waals surface area contributed by atoms with E-state index in [9.17, 15) is 0 Å². The molecule has 0 aliphatic carbocycles. The summed E-state index contributed by atoms with van der Waals surface area (Å²) in [6.45, 7) is 4.14. The molecule has 0 spiro atoms. The Labute approximate surface area is 103 Å². The van der Waals surface area contributed by atoms with Gasteiger partial charge in [0.05, 0.1) is 4.47 Å². The zero-order chi connectivity index (χ0) is 11.5. The first-order valence-corrected chi connectivity index (χ1v) is 5.75. The average Bonchev–Trinajstić information content (AvgIpc) is 2.20. The van der Waals surface area contributed by atoms with Gasteiger partial charge in [0, 0.05) is 18.1 Å². The van der Waals surface area contributed by atoms with Gasteiger partial charge < -0.3 is 5.32 Å². The minimum Gasteiger partial charge on any atom is -0.324 e. The van der Waals surface area contributed by atoms with Crippen LogP contribution in [0.3, 0.4) is 0 Å². The summed E-state index contributed by atoms with van der Waals surface area (Å²) >= 11 is 3.30. The molecule has 1 aromatic carbocycles. The van der Waals surface area contributed by atoms with Crippen molar-refractivity contribution in [2.24, 2.45) is 0 Å². The minimum atomic E-state index is 0.605.